The Bertz CT molecular complexity index is 530. The van der Waals surface area contributed by atoms with Crippen molar-refractivity contribution in [3.63, 3.8) is 0 Å². The molecule has 0 N–H and O–H groups in total. The van der Waals surface area contributed by atoms with Crippen molar-refractivity contribution in [3.8, 4) is 11.3 Å². The Labute approximate surface area is 121 Å². The number of rotatable bonds is 4. The van der Waals surface area contributed by atoms with E-state index in [1.54, 1.807) is 0 Å². The molecule has 0 aliphatic carbocycles. The van der Waals surface area contributed by atoms with Crippen molar-refractivity contribution in [1.82, 2.24) is 9.88 Å². The van der Waals surface area contributed by atoms with Gasteiger partial charge < -0.3 is 4.90 Å². The van der Waals surface area contributed by atoms with Gasteiger partial charge in [-0.05, 0) is 44.0 Å². The number of aromatic nitrogens is 1. The number of likely N-dealkylation sites (tertiary alicyclic amines) is 1. The van der Waals surface area contributed by atoms with E-state index in [1.165, 1.54) is 43.5 Å². The number of benzene rings is 1. The van der Waals surface area contributed by atoms with Crippen molar-refractivity contribution in [2.24, 2.45) is 0 Å². The topological polar surface area (TPSA) is 16.1 Å². The van der Waals surface area contributed by atoms with Gasteiger partial charge in [0.1, 0.15) is 0 Å². The molecule has 2 heterocycles. The molecule has 0 spiro atoms. The summed E-state index contributed by atoms with van der Waals surface area (Å²) in [5.74, 6) is 0. The maximum atomic E-state index is 4.59. The van der Waals surface area contributed by atoms with E-state index in [0.29, 0.717) is 0 Å². The van der Waals surface area contributed by atoms with Crippen LogP contribution in [0.3, 0.4) is 0 Å². The summed E-state index contributed by atoms with van der Waals surface area (Å²) >= 11 is 0. The third-order valence-electron chi connectivity index (χ3n) is 4.08. The number of hydrogen-bond acceptors (Lipinski definition) is 2. The average Bonchev–Trinajstić information content (AvgIpc) is 2.55. The molecular formula is C18H22N2. The molecule has 0 radical (unpaired) electrons. The normalized spacial score (nSPS) is 16.2. The number of pyridine rings is 1. The van der Waals surface area contributed by atoms with Gasteiger partial charge in [-0.2, -0.15) is 0 Å². The van der Waals surface area contributed by atoms with Gasteiger partial charge in [-0.25, -0.2) is 0 Å². The first-order valence-corrected chi connectivity index (χ1v) is 7.65. The molecule has 0 saturated carbocycles. The van der Waals surface area contributed by atoms with Crippen LogP contribution >= 0.6 is 0 Å². The fourth-order valence-electron chi connectivity index (χ4n) is 2.96. The number of piperidine rings is 1. The molecule has 1 aromatic heterocycles. The largest absolute Gasteiger partial charge is 0.303 e. The van der Waals surface area contributed by atoms with Crippen LogP contribution in [0.4, 0.5) is 0 Å². The molecule has 0 atom stereocenters. The lowest BCUT2D eigenvalue weighted by atomic mass is 10.0. The van der Waals surface area contributed by atoms with Gasteiger partial charge in [0.25, 0.3) is 0 Å². The summed E-state index contributed by atoms with van der Waals surface area (Å²) in [4.78, 5) is 7.18. The van der Waals surface area contributed by atoms with E-state index in [2.05, 4.69) is 52.3 Å². The quantitative estimate of drug-likeness (QED) is 0.837. The maximum absolute atomic E-state index is 4.59. The molecule has 20 heavy (non-hydrogen) atoms. The van der Waals surface area contributed by atoms with Crippen LogP contribution in [0.1, 0.15) is 24.8 Å². The summed E-state index contributed by atoms with van der Waals surface area (Å²) in [6.45, 7) is 3.69. The molecule has 0 unspecified atom stereocenters. The second kappa shape index (κ2) is 6.67. The van der Waals surface area contributed by atoms with E-state index < -0.39 is 0 Å². The van der Waals surface area contributed by atoms with Crippen molar-refractivity contribution >= 4 is 0 Å². The van der Waals surface area contributed by atoms with E-state index in [0.717, 1.165) is 18.7 Å². The first kappa shape index (κ1) is 13.3. The second-order valence-corrected chi connectivity index (χ2v) is 5.53. The Morgan fingerprint density at radius 1 is 0.900 bits per heavy atom. The molecule has 1 aromatic carbocycles. The molecule has 2 heteroatoms. The summed E-state index contributed by atoms with van der Waals surface area (Å²) in [6, 6.07) is 14.8. The van der Waals surface area contributed by atoms with Gasteiger partial charge in [0.05, 0.1) is 5.69 Å². The van der Waals surface area contributed by atoms with Gasteiger partial charge in [0.2, 0.25) is 0 Å². The zero-order valence-electron chi connectivity index (χ0n) is 12.0. The van der Waals surface area contributed by atoms with E-state index in [1.807, 2.05) is 6.20 Å². The van der Waals surface area contributed by atoms with Gasteiger partial charge in [-0.3, -0.25) is 4.98 Å². The van der Waals surface area contributed by atoms with Crippen molar-refractivity contribution in [2.75, 3.05) is 19.6 Å². The standard InChI is InChI=1S/C18H22N2/c1-3-8-16(9-4-1)18-17(10-7-12-19-18)11-15-20-13-5-2-6-14-20/h1,3-4,7-10,12H,2,5-6,11,13-15H2. The van der Waals surface area contributed by atoms with Gasteiger partial charge in [0.15, 0.2) is 0 Å². The Balaban J connectivity index is 1.73. The second-order valence-electron chi connectivity index (χ2n) is 5.53. The van der Waals surface area contributed by atoms with E-state index >= 15 is 0 Å². The van der Waals surface area contributed by atoms with Crippen LogP contribution in [0.15, 0.2) is 48.7 Å². The zero-order valence-corrected chi connectivity index (χ0v) is 12.0. The van der Waals surface area contributed by atoms with Gasteiger partial charge in [-0.15, -0.1) is 0 Å². The van der Waals surface area contributed by atoms with Crippen molar-refractivity contribution in [1.29, 1.82) is 0 Å². The van der Waals surface area contributed by atoms with Crippen LogP contribution in [0.5, 0.6) is 0 Å². The van der Waals surface area contributed by atoms with Gasteiger partial charge >= 0.3 is 0 Å². The molecule has 1 aliphatic rings. The number of hydrogen-bond donors (Lipinski definition) is 0. The molecule has 0 amide bonds. The Kier molecular flexibility index (Phi) is 4.44. The Hall–Kier alpha value is -1.67. The van der Waals surface area contributed by atoms with Crippen LogP contribution in [-0.4, -0.2) is 29.5 Å². The fraction of sp³-hybridized carbons (Fsp3) is 0.389. The highest BCUT2D eigenvalue weighted by Crippen LogP contribution is 2.21. The molecule has 104 valence electrons. The predicted molar refractivity (Wildman–Crippen MR) is 83.7 cm³/mol. The summed E-state index contributed by atoms with van der Waals surface area (Å²) in [6.07, 6.45) is 7.11. The summed E-state index contributed by atoms with van der Waals surface area (Å²) in [5.41, 5.74) is 3.73. The Morgan fingerprint density at radius 2 is 1.70 bits per heavy atom. The predicted octanol–water partition coefficient (Wildman–Crippen LogP) is 3.78. The lowest BCUT2D eigenvalue weighted by Gasteiger charge is -2.26. The van der Waals surface area contributed by atoms with Crippen molar-refractivity contribution in [2.45, 2.75) is 25.7 Å². The van der Waals surface area contributed by atoms with Crippen LogP contribution in [0.2, 0.25) is 0 Å². The minimum absolute atomic E-state index is 1.10. The third kappa shape index (κ3) is 3.26. The molecule has 2 nitrogen and oxygen atoms in total. The lowest BCUT2D eigenvalue weighted by molar-refractivity contribution is 0.231. The lowest BCUT2D eigenvalue weighted by Crippen LogP contribution is -2.31. The molecule has 1 aliphatic heterocycles. The Morgan fingerprint density at radius 3 is 2.50 bits per heavy atom. The average molecular weight is 266 g/mol. The minimum atomic E-state index is 1.10. The van der Waals surface area contributed by atoms with Crippen LogP contribution in [-0.2, 0) is 6.42 Å². The maximum Gasteiger partial charge on any atom is 0.0734 e. The van der Waals surface area contributed by atoms with E-state index in [4.69, 9.17) is 0 Å². The zero-order chi connectivity index (χ0) is 13.6. The SMILES string of the molecule is c1ccc(-c2ncccc2CCN2CCCCC2)cc1. The molecule has 0 bridgehead atoms. The molecule has 2 aromatic rings. The smallest absolute Gasteiger partial charge is 0.0734 e. The van der Waals surface area contributed by atoms with Crippen molar-refractivity contribution in [3.05, 3.63) is 54.2 Å². The molecular weight excluding hydrogens is 244 g/mol. The monoisotopic (exact) mass is 266 g/mol. The minimum Gasteiger partial charge on any atom is -0.303 e. The van der Waals surface area contributed by atoms with Crippen molar-refractivity contribution < 1.29 is 0 Å². The highest BCUT2D eigenvalue weighted by Gasteiger charge is 2.11. The van der Waals surface area contributed by atoms with Crippen LogP contribution < -0.4 is 0 Å². The van der Waals surface area contributed by atoms with Gasteiger partial charge in [0, 0.05) is 18.3 Å². The number of nitrogens with zero attached hydrogens (tertiary/aromatic N) is 2. The fourth-order valence-corrected chi connectivity index (χ4v) is 2.96. The van der Waals surface area contributed by atoms with E-state index in [-0.39, 0.29) is 0 Å². The molecule has 1 fully saturated rings. The first-order chi connectivity index (χ1) is 9.93. The van der Waals surface area contributed by atoms with Gasteiger partial charge in [-0.1, -0.05) is 42.8 Å². The first-order valence-electron chi connectivity index (χ1n) is 7.65. The summed E-state index contributed by atoms with van der Waals surface area (Å²) in [5, 5.41) is 0. The highest BCUT2D eigenvalue weighted by atomic mass is 15.1. The van der Waals surface area contributed by atoms with Crippen LogP contribution in [0, 0.1) is 0 Å². The molecule has 3 rings (SSSR count). The highest BCUT2D eigenvalue weighted by molar-refractivity contribution is 5.62. The molecule has 1 saturated heterocycles. The van der Waals surface area contributed by atoms with Crippen LogP contribution in [0.25, 0.3) is 11.3 Å². The third-order valence-corrected chi connectivity index (χ3v) is 4.08. The summed E-state index contributed by atoms with van der Waals surface area (Å²) < 4.78 is 0. The summed E-state index contributed by atoms with van der Waals surface area (Å²) in [7, 11) is 0. The van der Waals surface area contributed by atoms with E-state index in [9.17, 15) is 0 Å².